The highest BCUT2D eigenvalue weighted by Crippen LogP contribution is 2.23. The van der Waals surface area contributed by atoms with Gasteiger partial charge in [0, 0.05) is 51.4 Å². The quantitative estimate of drug-likeness (QED) is 0.703. The second-order valence-electron chi connectivity index (χ2n) is 7.38. The van der Waals surface area contributed by atoms with Gasteiger partial charge < -0.3 is 15.2 Å². The summed E-state index contributed by atoms with van der Waals surface area (Å²) in [7, 11) is 1.60. The normalized spacial score (nSPS) is 14.9. The molecule has 29 heavy (non-hydrogen) atoms. The van der Waals surface area contributed by atoms with Gasteiger partial charge in [-0.2, -0.15) is 0 Å². The first-order chi connectivity index (χ1) is 14.2. The number of rotatable bonds is 5. The number of aromatic nitrogens is 1. The van der Waals surface area contributed by atoms with Gasteiger partial charge in [-0.1, -0.05) is 42.5 Å². The van der Waals surface area contributed by atoms with Gasteiger partial charge in [0.1, 0.15) is 0 Å². The molecule has 0 atom stereocenters. The maximum absolute atomic E-state index is 13.1. The SMILES string of the molecule is CNC(=O)c1c[nH]c2c(C(=O)N3CCN(CCc4ccccc4)CC3)cccc12. The van der Waals surface area contributed by atoms with Gasteiger partial charge in [-0.15, -0.1) is 0 Å². The number of nitrogens with one attached hydrogen (secondary N) is 2. The van der Waals surface area contributed by atoms with E-state index in [9.17, 15) is 9.59 Å². The van der Waals surface area contributed by atoms with E-state index in [4.69, 9.17) is 0 Å². The van der Waals surface area contributed by atoms with Crippen LogP contribution in [0.15, 0.2) is 54.7 Å². The second kappa shape index (κ2) is 8.49. The van der Waals surface area contributed by atoms with Crippen LogP contribution in [0.1, 0.15) is 26.3 Å². The van der Waals surface area contributed by atoms with Crippen molar-refractivity contribution in [3.05, 3.63) is 71.4 Å². The molecule has 2 aromatic carbocycles. The number of hydrogen-bond acceptors (Lipinski definition) is 3. The van der Waals surface area contributed by atoms with E-state index in [0.717, 1.165) is 37.0 Å². The van der Waals surface area contributed by atoms with Crippen LogP contribution in [0.4, 0.5) is 0 Å². The van der Waals surface area contributed by atoms with Crippen molar-refractivity contribution in [2.45, 2.75) is 6.42 Å². The molecule has 0 radical (unpaired) electrons. The van der Waals surface area contributed by atoms with E-state index in [-0.39, 0.29) is 11.8 Å². The number of benzene rings is 2. The lowest BCUT2D eigenvalue weighted by Crippen LogP contribution is -2.49. The van der Waals surface area contributed by atoms with Crippen LogP contribution >= 0.6 is 0 Å². The molecule has 1 aliphatic rings. The number of H-pyrrole nitrogens is 1. The molecule has 6 heteroatoms. The smallest absolute Gasteiger partial charge is 0.256 e. The molecule has 0 spiro atoms. The molecule has 0 bridgehead atoms. The third-order valence-electron chi connectivity index (χ3n) is 5.64. The van der Waals surface area contributed by atoms with E-state index in [1.54, 1.807) is 13.2 Å². The number of nitrogens with zero attached hydrogens (tertiary/aromatic N) is 2. The van der Waals surface area contributed by atoms with Crippen molar-refractivity contribution >= 4 is 22.7 Å². The lowest BCUT2D eigenvalue weighted by molar-refractivity contribution is 0.0640. The maximum atomic E-state index is 13.1. The van der Waals surface area contributed by atoms with E-state index in [2.05, 4.69) is 39.5 Å². The average molecular weight is 390 g/mol. The summed E-state index contributed by atoms with van der Waals surface area (Å²) in [6.07, 6.45) is 2.70. The summed E-state index contributed by atoms with van der Waals surface area (Å²) >= 11 is 0. The number of carbonyl (C=O) groups excluding carboxylic acids is 2. The van der Waals surface area contributed by atoms with Crippen LogP contribution in [-0.4, -0.2) is 66.4 Å². The van der Waals surface area contributed by atoms with Gasteiger partial charge >= 0.3 is 0 Å². The van der Waals surface area contributed by atoms with Gasteiger partial charge in [0.25, 0.3) is 11.8 Å². The van der Waals surface area contributed by atoms with Crippen molar-refractivity contribution in [2.24, 2.45) is 0 Å². The minimum absolute atomic E-state index is 0.0172. The summed E-state index contributed by atoms with van der Waals surface area (Å²) in [6, 6.07) is 16.0. The standard InChI is InChI=1S/C23H26N4O2/c1-24-22(28)20-16-25-21-18(20)8-5-9-19(21)23(29)27-14-12-26(13-15-27)11-10-17-6-3-2-4-7-17/h2-9,16,25H,10-15H2,1H3,(H,24,28). The highest BCUT2D eigenvalue weighted by molar-refractivity contribution is 6.12. The average Bonchev–Trinajstić information content (AvgIpc) is 3.22. The molecule has 1 saturated heterocycles. The molecular weight excluding hydrogens is 364 g/mol. The largest absolute Gasteiger partial charge is 0.360 e. The molecule has 0 aliphatic carbocycles. The molecule has 0 saturated carbocycles. The molecule has 2 heterocycles. The Morgan fingerprint density at radius 3 is 2.45 bits per heavy atom. The van der Waals surface area contributed by atoms with Gasteiger partial charge in [-0.05, 0) is 18.1 Å². The summed E-state index contributed by atoms with van der Waals surface area (Å²) in [5, 5.41) is 3.42. The van der Waals surface area contributed by atoms with Crippen molar-refractivity contribution in [2.75, 3.05) is 39.8 Å². The van der Waals surface area contributed by atoms with Gasteiger partial charge in [0.2, 0.25) is 0 Å². The molecule has 1 fully saturated rings. The number of amides is 2. The molecule has 0 unspecified atom stereocenters. The number of carbonyl (C=O) groups is 2. The van der Waals surface area contributed by atoms with E-state index >= 15 is 0 Å². The summed E-state index contributed by atoms with van der Waals surface area (Å²) in [6.45, 7) is 4.19. The molecule has 3 aromatic rings. The fourth-order valence-corrected chi connectivity index (χ4v) is 3.93. The molecule has 2 amide bonds. The van der Waals surface area contributed by atoms with Crippen LogP contribution in [0.2, 0.25) is 0 Å². The number of hydrogen-bond donors (Lipinski definition) is 2. The molecule has 150 valence electrons. The van der Waals surface area contributed by atoms with Crippen molar-refractivity contribution in [3.63, 3.8) is 0 Å². The minimum atomic E-state index is -0.159. The summed E-state index contributed by atoms with van der Waals surface area (Å²) in [5.74, 6) is -0.142. The molecule has 1 aliphatic heterocycles. The maximum Gasteiger partial charge on any atom is 0.256 e. The molecule has 4 rings (SSSR count). The zero-order chi connectivity index (χ0) is 20.2. The zero-order valence-electron chi connectivity index (χ0n) is 16.6. The number of fused-ring (bicyclic) bond motifs is 1. The Balaban J connectivity index is 1.41. The van der Waals surface area contributed by atoms with Crippen LogP contribution < -0.4 is 5.32 Å². The fourth-order valence-electron chi connectivity index (χ4n) is 3.93. The number of para-hydroxylation sites is 1. The summed E-state index contributed by atoms with van der Waals surface area (Å²) in [4.78, 5) is 32.6. The summed E-state index contributed by atoms with van der Waals surface area (Å²) < 4.78 is 0. The summed E-state index contributed by atoms with van der Waals surface area (Å²) in [5.41, 5.74) is 3.25. The molecule has 1 aromatic heterocycles. The molecule has 6 nitrogen and oxygen atoms in total. The van der Waals surface area contributed by atoms with E-state index in [1.165, 1.54) is 5.56 Å². The Morgan fingerprint density at radius 2 is 1.72 bits per heavy atom. The zero-order valence-corrected chi connectivity index (χ0v) is 16.6. The van der Waals surface area contributed by atoms with Crippen LogP contribution in [0.25, 0.3) is 10.9 Å². The first-order valence-electron chi connectivity index (χ1n) is 10.0. The van der Waals surface area contributed by atoms with Crippen LogP contribution in [-0.2, 0) is 6.42 Å². The lowest BCUT2D eigenvalue weighted by atomic mass is 10.1. The minimum Gasteiger partial charge on any atom is -0.360 e. The van der Waals surface area contributed by atoms with Crippen LogP contribution in [0, 0.1) is 0 Å². The highest BCUT2D eigenvalue weighted by Gasteiger charge is 2.24. The Kier molecular flexibility index (Phi) is 5.62. The van der Waals surface area contributed by atoms with Gasteiger partial charge in [0.05, 0.1) is 16.6 Å². The molecule has 2 N–H and O–H groups in total. The van der Waals surface area contributed by atoms with Gasteiger partial charge in [0.15, 0.2) is 0 Å². The topological polar surface area (TPSA) is 68.4 Å². The Morgan fingerprint density at radius 1 is 0.966 bits per heavy atom. The Hall–Kier alpha value is -3.12. The number of piperazine rings is 1. The van der Waals surface area contributed by atoms with Crippen molar-refractivity contribution in [3.8, 4) is 0 Å². The third kappa shape index (κ3) is 4.03. The van der Waals surface area contributed by atoms with Crippen molar-refractivity contribution in [1.82, 2.24) is 20.1 Å². The Bertz CT molecular complexity index is 1000. The predicted molar refractivity (Wildman–Crippen MR) is 114 cm³/mol. The van der Waals surface area contributed by atoms with E-state index in [0.29, 0.717) is 24.2 Å². The van der Waals surface area contributed by atoms with Crippen LogP contribution in [0.5, 0.6) is 0 Å². The fraction of sp³-hybridized carbons (Fsp3) is 0.304. The Labute approximate surface area is 170 Å². The number of aromatic amines is 1. The predicted octanol–water partition coefficient (Wildman–Crippen LogP) is 2.53. The first kappa shape index (κ1) is 19.2. The van der Waals surface area contributed by atoms with Crippen molar-refractivity contribution in [1.29, 1.82) is 0 Å². The van der Waals surface area contributed by atoms with Crippen LogP contribution in [0.3, 0.4) is 0 Å². The molecular formula is C23H26N4O2. The van der Waals surface area contributed by atoms with Gasteiger partial charge in [-0.3, -0.25) is 14.5 Å². The van der Waals surface area contributed by atoms with Gasteiger partial charge in [-0.25, -0.2) is 0 Å². The van der Waals surface area contributed by atoms with E-state index in [1.807, 2.05) is 29.2 Å². The highest BCUT2D eigenvalue weighted by atomic mass is 16.2. The second-order valence-corrected chi connectivity index (χ2v) is 7.38. The van der Waals surface area contributed by atoms with Crippen molar-refractivity contribution < 1.29 is 9.59 Å². The monoisotopic (exact) mass is 390 g/mol. The third-order valence-corrected chi connectivity index (χ3v) is 5.64. The van der Waals surface area contributed by atoms with E-state index < -0.39 is 0 Å². The lowest BCUT2D eigenvalue weighted by Gasteiger charge is -2.34. The first-order valence-corrected chi connectivity index (χ1v) is 10.0.